The highest BCUT2D eigenvalue weighted by Gasteiger charge is 2.32. The van der Waals surface area contributed by atoms with E-state index in [1.54, 1.807) is 13.8 Å². The largest absolute Gasteiger partial charge is 0.508 e. The number of aromatic hydroxyl groups is 1. The lowest BCUT2D eigenvalue weighted by atomic mass is 10.0. The van der Waals surface area contributed by atoms with E-state index >= 15 is 0 Å². The van der Waals surface area contributed by atoms with E-state index in [1.165, 1.54) is 37.3 Å². The molecule has 0 aliphatic carbocycles. The third kappa shape index (κ3) is 17.0. The van der Waals surface area contributed by atoms with E-state index in [9.17, 15) is 43.8 Å². The Kier molecular flexibility index (Phi) is 19.5. The van der Waals surface area contributed by atoms with Crippen molar-refractivity contribution in [2.24, 2.45) is 17.4 Å². The van der Waals surface area contributed by atoms with Crippen molar-refractivity contribution in [2.45, 2.75) is 108 Å². The molecule has 6 atom stereocenters. The smallest absolute Gasteiger partial charge is 0.326 e. The van der Waals surface area contributed by atoms with Gasteiger partial charge in [-0.15, -0.1) is 6.58 Å². The molecule has 0 aliphatic heterocycles. The number of rotatable bonds is 24. The Morgan fingerprint density at radius 3 is 1.73 bits per heavy atom. The van der Waals surface area contributed by atoms with Crippen molar-refractivity contribution in [3.8, 4) is 5.75 Å². The monoisotopic (exact) mass is 719 g/mol. The molecule has 5 amide bonds. The second-order valence-corrected chi connectivity index (χ2v) is 12.7. The third-order valence-corrected chi connectivity index (χ3v) is 7.64. The summed E-state index contributed by atoms with van der Waals surface area (Å²) < 4.78 is 0. The Balaban J connectivity index is 3.31. The highest BCUT2D eigenvalue weighted by Crippen LogP contribution is 2.13. The number of phenols is 1. The number of carbonyl (C=O) groups excluding carboxylic acids is 5. The maximum Gasteiger partial charge on any atom is 0.326 e. The maximum atomic E-state index is 13.6. The number of unbranched alkanes of at least 4 members (excludes halogenated alkanes) is 1. The van der Waals surface area contributed by atoms with Crippen molar-refractivity contribution >= 4 is 41.5 Å². The zero-order valence-electron chi connectivity index (χ0n) is 29.4. The number of nitrogens with two attached hydrogens (primary N) is 2. The number of carboxylic acid groups (broad SMARTS) is 2. The van der Waals surface area contributed by atoms with Crippen LogP contribution in [0.3, 0.4) is 0 Å². The number of aliphatic carboxylic acids is 2. The molecule has 0 saturated heterocycles. The topological polar surface area (TPSA) is 292 Å². The first-order valence-corrected chi connectivity index (χ1v) is 16.8. The number of hydrogen-bond donors (Lipinski definition) is 10. The number of benzene rings is 1. The molecule has 0 aromatic heterocycles. The first-order valence-electron chi connectivity index (χ1n) is 16.8. The fourth-order valence-electron chi connectivity index (χ4n) is 4.86. The van der Waals surface area contributed by atoms with E-state index < -0.39 is 84.1 Å². The number of phenolic OH excluding ortho intramolecular Hbond substituents is 1. The first-order chi connectivity index (χ1) is 24.0. The summed E-state index contributed by atoms with van der Waals surface area (Å²) >= 11 is 0. The molecule has 0 unspecified atom stereocenters. The second kappa shape index (κ2) is 22.6. The Bertz CT molecular complexity index is 1350. The number of hydrogen-bond acceptors (Lipinski definition) is 10. The Labute approximate surface area is 297 Å². The van der Waals surface area contributed by atoms with E-state index in [0.29, 0.717) is 24.9 Å². The normalized spacial score (nSPS) is 14.5. The lowest BCUT2D eigenvalue weighted by Crippen LogP contribution is -2.59. The standard InChI is InChI=1S/C34H53N7O10/c1-5-8-23(30(46)40-26(18-21-10-12-22(42)13-11-21)33(49)41-27(34(50)51)17-19(2)3)38-31(47)24(9-6-7-16-35)39-32(48)25(14-15-28(43)44)37-29(45)20(4)36/h5,10-13,19-20,23-27,42H,1,6-9,14-18,35-36H2,2-4H3,(H,37,45)(H,38,47)(H,39,48)(H,40,46)(H,41,49)(H,43,44)(H,50,51)/t20-,23-,24-,25-,26-,27-/m0/s1. The predicted molar refractivity (Wildman–Crippen MR) is 187 cm³/mol. The lowest BCUT2D eigenvalue weighted by Gasteiger charge is -2.27. The van der Waals surface area contributed by atoms with Crippen LogP contribution in [0.4, 0.5) is 0 Å². The zero-order chi connectivity index (χ0) is 38.7. The molecule has 0 spiro atoms. The fraction of sp³-hybridized carbons (Fsp3) is 0.559. The minimum atomic E-state index is -1.33. The van der Waals surface area contributed by atoms with E-state index in [0.717, 1.165) is 0 Å². The van der Waals surface area contributed by atoms with Crippen LogP contribution in [-0.4, -0.2) is 99.6 Å². The minimum absolute atomic E-state index is 0.0296. The van der Waals surface area contributed by atoms with E-state index in [2.05, 4.69) is 33.2 Å². The molecule has 51 heavy (non-hydrogen) atoms. The summed E-state index contributed by atoms with van der Waals surface area (Å²) in [5.41, 5.74) is 11.7. The molecule has 1 aromatic carbocycles. The van der Waals surface area contributed by atoms with Gasteiger partial charge >= 0.3 is 11.9 Å². The van der Waals surface area contributed by atoms with Gasteiger partial charge in [0.1, 0.15) is 36.0 Å². The van der Waals surface area contributed by atoms with Crippen LogP contribution in [0.1, 0.15) is 71.3 Å². The van der Waals surface area contributed by atoms with Crippen molar-refractivity contribution in [2.75, 3.05) is 6.54 Å². The van der Waals surface area contributed by atoms with Gasteiger partial charge in [0, 0.05) is 12.8 Å². The minimum Gasteiger partial charge on any atom is -0.508 e. The molecular weight excluding hydrogens is 666 g/mol. The van der Waals surface area contributed by atoms with E-state index in [1.807, 2.05) is 0 Å². The highest BCUT2D eigenvalue weighted by molar-refractivity contribution is 5.96. The molecule has 0 radical (unpaired) electrons. The molecule has 0 saturated carbocycles. The fourth-order valence-corrected chi connectivity index (χ4v) is 4.86. The molecular formula is C34H53N7O10. The van der Waals surface area contributed by atoms with E-state index in [4.69, 9.17) is 16.6 Å². The van der Waals surface area contributed by atoms with Crippen LogP contribution in [0.2, 0.25) is 0 Å². The summed E-state index contributed by atoms with van der Waals surface area (Å²) in [5, 5.41) is 41.1. The summed E-state index contributed by atoms with van der Waals surface area (Å²) in [5.74, 6) is -6.52. The molecule has 0 aliphatic rings. The second-order valence-electron chi connectivity index (χ2n) is 12.7. The molecule has 17 heteroatoms. The maximum absolute atomic E-state index is 13.6. The molecule has 12 N–H and O–H groups in total. The van der Waals surface area contributed by atoms with Crippen LogP contribution < -0.4 is 38.1 Å². The van der Waals surface area contributed by atoms with Gasteiger partial charge in [0.05, 0.1) is 6.04 Å². The average molecular weight is 720 g/mol. The molecule has 1 rings (SSSR count). The quantitative estimate of drug-likeness (QED) is 0.0474. The van der Waals surface area contributed by atoms with Crippen LogP contribution in [0.5, 0.6) is 5.75 Å². The lowest BCUT2D eigenvalue weighted by molar-refractivity contribution is -0.142. The summed E-state index contributed by atoms with van der Waals surface area (Å²) in [6.45, 7) is 8.89. The van der Waals surface area contributed by atoms with Crippen molar-refractivity contribution in [3.63, 3.8) is 0 Å². The highest BCUT2D eigenvalue weighted by atomic mass is 16.4. The van der Waals surface area contributed by atoms with Crippen molar-refractivity contribution < 1.29 is 48.9 Å². The van der Waals surface area contributed by atoms with E-state index in [-0.39, 0.29) is 43.8 Å². The molecule has 0 bridgehead atoms. The van der Waals surface area contributed by atoms with Gasteiger partial charge in [-0.05, 0) is 75.6 Å². The molecule has 0 fully saturated rings. The van der Waals surface area contributed by atoms with Gasteiger partial charge in [0.2, 0.25) is 29.5 Å². The van der Waals surface area contributed by atoms with Crippen LogP contribution in [0, 0.1) is 5.92 Å². The molecule has 0 heterocycles. The number of carbonyl (C=O) groups is 7. The zero-order valence-corrected chi connectivity index (χ0v) is 29.4. The Morgan fingerprint density at radius 1 is 0.725 bits per heavy atom. The van der Waals surface area contributed by atoms with Gasteiger partial charge in [-0.2, -0.15) is 0 Å². The molecule has 1 aromatic rings. The summed E-state index contributed by atoms with van der Waals surface area (Å²) in [6, 6.07) is -1.58. The van der Waals surface area contributed by atoms with Gasteiger partial charge in [0.25, 0.3) is 0 Å². The Hall–Kier alpha value is -5.03. The average Bonchev–Trinajstić information content (AvgIpc) is 3.05. The van der Waals surface area contributed by atoms with Gasteiger partial charge in [-0.1, -0.05) is 32.1 Å². The summed E-state index contributed by atoms with van der Waals surface area (Å²) in [7, 11) is 0. The molecule has 17 nitrogen and oxygen atoms in total. The van der Waals surface area contributed by atoms with Crippen LogP contribution >= 0.6 is 0 Å². The van der Waals surface area contributed by atoms with Crippen LogP contribution in [0.25, 0.3) is 0 Å². The van der Waals surface area contributed by atoms with Gasteiger partial charge in [0.15, 0.2) is 0 Å². The van der Waals surface area contributed by atoms with Crippen LogP contribution in [0.15, 0.2) is 36.9 Å². The number of carboxylic acids is 2. The van der Waals surface area contributed by atoms with Crippen molar-refractivity contribution in [1.82, 2.24) is 26.6 Å². The number of nitrogens with one attached hydrogen (secondary N) is 5. The number of amides is 5. The Morgan fingerprint density at radius 2 is 1.22 bits per heavy atom. The first kappa shape index (κ1) is 44.0. The molecule has 284 valence electrons. The van der Waals surface area contributed by atoms with Gasteiger partial charge < -0.3 is 53.4 Å². The predicted octanol–water partition coefficient (Wildman–Crippen LogP) is -0.593. The van der Waals surface area contributed by atoms with Crippen LogP contribution in [-0.2, 0) is 40.0 Å². The van der Waals surface area contributed by atoms with Crippen molar-refractivity contribution in [1.29, 1.82) is 0 Å². The third-order valence-electron chi connectivity index (χ3n) is 7.64. The van der Waals surface area contributed by atoms with Gasteiger partial charge in [-0.25, -0.2) is 4.79 Å². The summed E-state index contributed by atoms with van der Waals surface area (Å²) in [4.78, 5) is 89.3. The van der Waals surface area contributed by atoms with Gasteiger partial charge in [-0.3, -0.25) is 28.8 Å². The SMILES string of the molecule is C=CC[C@H](NC(=O)[C@H](CCCCN)NC(=O)[C@H](CCC(=O)O)NC(=O)[C@H](C)N)C(=O)N[C@@H](Cc1ccc(O)cc1)C(=O)N[C@@H](CC(C)C)C(=O)O. The summed E-state index contributed by atoms with van der Waals surface area (Å²) in [6.07, 6.45) is 1.47. The van der Waals surface area contributed by atoms with Crippen molar-refractivity contribution in [3.05, 3.63) is 42.5 Å².